The highest BCUT2D eigenvalue weighted by molar-refractivity contribution is 5.62. The van der Waals surface area contributed by atoms with Crippen LogP contribution in [0, 0.1) is 11.8 Å². The molecule has 1 rings (SSSR count). The lowest BCUT2D eigenvalue weighted by molar-refractivity contribution is -0.196. The van der Waals surface area contributed by atoms with Crippen LogP contribution in [0.25, 0.3) is 0 Å². The largest absolute Gasteiger partial charge is 0.391 e. The summed E-state index contributed by atoms with van der Waals surface area (Å²) in [4.78, 5) is 11.0. The number of hydrogen-bond donors (Lipinski definition) is 0. The molecule has 0 amide bonds. The zero-order valence-electron chi connectivity index (χ0n) is 10.2. The second kappa shape index (κ2) is 5.38. The van der Waals surface area contributed by atoms with Gasteiger partial charge in [0.05, 0.1) is 12.5 Å². The number of aldehydes is 1. The van der Waals surface area contributed by atoms with Crippen LogP contribution in [0.2, 0.25) is 0 Å². The monoisotopic (exact) mass is 252 g/mol. The fraction of sp³-hybridized carbons (Fsp3) is 0.917. The van der Waals surface area contributed by atoms with Gasteiger partial charge in [-0.3, -0.25) is 0 Å². The molecule has 1 saturated carbocycles. The number of carbonyl (C=O) groups is 1. The van der Waals surface area contributed by atoms with Crippen LogP contribution in [0.1, 0.15) is 39.5 Å². The van der Waals surface area contributed by atoms with E-state index in [4.69, 9.17) is 4.74 Å². The molecule has 100 valence electrons. The summed E-state index contributed by atoms with van der Waals surface area (Å²) in [5.41, 5.74) is -0.980. The fourth-order valence-electron chi connectivity index (χ4n) is 2.06. The highest BCUT2D eigenvalue weighted by atomic mass is 19.4. The van der Waals surface area contributed by atoms with E-state index in [0.717, 1.165) is 0 Å². The van der Waals surface area contributed by atoms with Gasteiger partial charge in [0.2, 0.25) is 0 Å². The molecule has 0 aliphatic heterocycles. The Morgan fingerprint density at radius 2 is 1.88 bits per heavy atom. The molecule has 0 saturated heterocycles. The van der Waals surface area contributed by atoms with Gasteiger partial charge in [0.25, 0.3) is 0 Å². The third-order valence-electron chi connectivity index (χ3n) is 3.21. The van der Waals surface area contributed by atoms with Crippen molar-refractivity contribution in [3.8, 4) is 0 Å². The van der Waals surface area contributed by atoms with E-state index in [1.165, 1.54) is 0 Å². The molecule has 2 nitrogen and oxygen atoms in total. The van der Waals surface area contributed by atoms with Gasteiger partial charge in [-0.2, -0.15) is 13.2 Å². The number of halogens is 3. The molecule has 0 radical (unpaired) electrons. The van der Waals surface area contributed by atoms with Gasteiger partial charge < -0.3 is 9.53 Å². The minimum Gasteiger partial charge on any atom is -0.367 e. The number of hydrogen-bond acceptors (Lipinski definition) is 2. The maximum Gasteiger partial charge on any atom is 0.391 e. The standard InChI is InChI=1S/C12H19F3O2/c1-9(2)7-17-11(8-16)5-3-10(4-6-11)12(13,14)15/h8-10H,3-7H2,1-2H3. The summed E-state index contributed by atoms with van der Waals surface area (Å²) in [6, 6.07) is 0. The van der Waals surface area contributed by atoms with Crippen LogP contribution in [0.3, 0.4) is 0 Å². The molecular formula is C12H19F3O2. The summed E-state index contributed by atoms with van der Waals surface area (Å²) in [5.74, 6) is -1.01. The average molecular weight is 252 g/mol. The third kappa shape index (κ3) is 3.98. The van der Waals surface area contributed by atoms with Crippen LogP contribution in [0.15, 0.2) is 0 Å². The van der Waals surface area contributed by atoms with Crippen LogP contribution < -0.4 is 0 Å². The Balaban J connectivity index is 2.54. The Bertz CT molecular complexity index is 253. The first-order valence-electron chi connectivity index (χ1n) is 5.96. The minimum atomic E-state index is -4.15. The molecule has 0 bridgehead atoms. The van der Waals surface area contributed by atoms with Crippen molar-refractivity contribution >= 4 is 6.29 Å². The summed E-state index contributed by atoms with van der Waals surface area (Å²) < 4.78 is 43.0. The molecule has 5 heteroatoms. The first-order chi connectivity index (χ1) is 7.79. The van der Waals surface area contributed by atoms with Gasteiger partial charge in [0.1, 0.15) is 5.60 Å². The van der Waals surface area contributed by atoms with Crippen molar-refractivity contribution in [3.63, 3.8) is 0 Å². The molecule has 0 aromatic rings. The predicted molar refractivity (Wildman–Crippen MR) is 57.6 cm³/mol. The Labute approximate surface area is 99.5 Å². The van der Waals surface area contributed by atoms with Gasteiger partial charge in [-0.15, -0.1) is 0 Å². The van der Waals surface area contributed by atoms with Crippen molar-refractivity contribution in [1.82, 2.24) is 0 Å². The zero-order chi connectivity index (χ0) is 13.1. The lowest BCUT2D eigenvalue weighted by atomic mass is 9.79. The lowest BCUT2D eigenvalue weighted by Gasteiger charge is -2.37. The van der Waals surface area contributed by atoms with E-state index in [-0.39, 0.29) is 31.6 Å². The van der Waals surface area contributed by atoms with Crippen LogP contribution in [-0.4, -0.2) is 24.7 Å². The molecule has 0 aromatic carbocycles. The van der Waals surface area contributed by atoms with E-state index in [9.17, 15) is 18.0 Å². The Kier molecular flexibility index (Phi) is 4.58. The normalized spacial score (nSPS) is 30.6. The highest BCUT2D eigenvalue weighted by Gasteiger charge is 2.46. The van der Waals surface area contributed by atoms with Crippen molar-refractivity contribution in [2.45, 2.75) is 51.3 Å². The van der Waals surface area contributed by atoms with Gasteiger partial charge in [0.15, 0.2) is 6.29 Å². The van der Waals surface area contributed by atoms with Crippen LogP contribution >= 0.6 is 0 Å². The van der Waals surface area contributed by atoms with Gasteiger partial charge >= 0.3 is 6.18 Å². The molecule has 17 heavy (non-hydrogen) atoms. The predicted octanol–water partition coefficient (Wildman–Crippen LogP) is 3.35. The third-order valence-corrected chi connectivity index (χ3v) is 3.21. The van der Waals surface area contributed by atoms with Crippen molar-refractivity contribution < 1.29 is 22.7 Å². The molecule has 0 N–H and O–H groups in total. The first kappa shape index (κ1) is 14.5. The van der Waals surface area contributed by atoms with Crippen LogP contribution in [-0.2, 0) is 9.53 Å². The minimum absolute atomic E-state index is 0.0136. The number of carbonyl (C=O) groups excluding carboxylic acids is 1. The molecular weight excluding hydrogens is 233 g/mol. The summed E-state index contributed by atoms with van der Waals surface area (Å²) >= 11 is 0. The van der Waals surface area contributed by atoms with Gasteiger partial charge in [-0.05, 0) is 31.6 Å². The lowest BCUT2D eigenvalue weighted by Crippen LogP contribution is -2.42. The molecule has 0 aromatic heterocycles. The van der Waals surface area contributed by atoms with E-state index in [1.54, 1.807) is 0 Å². The van der Waals surface area contributed by atoms with Gasteiger partial charge in [-0.25, -0.2) is 0 Å². The molecule has 0 spiro atoms. The van der Waals surface area contributed by atoms with Crippen molar-refractivity contribution in [1.29, 1.82) is 0 Å². The number of ether oxygens (including phenoxy) is 1. The second-order valence-corrected chi connectivity index (χ2v) is 5.20. The SMILES string of the molecule is CC(C)COC1(C=O)CCC(C(F)(F)F)CC1. The Morgan fingerprint density at radius 1 is 1.35 bits per heavy atom. The van der Waals surface area contributed by atoms with E-state index >= 15 is 0 Å². The maximum absolute atomic E-state index is 12.5. The molecule has 0 atom stereocenters. The van der Waals surface area contributed by atoms with Crippen molar-refractivity contribution in [3.05, 3.63) is 0 Å². The van der Waals surface area contributed by atoms with Gasteiger partial charge in [-0.1, -0.05) is 13.8 Å². The maximum atomic E-state index is 12.5. The molecule has 1 aliphatic rings. The van der Waals surface area contributed by atoms with Crippen molar-refractivity contribution in [2.24, 2.45) is 11.8 Å². The number of rotatable bonds is 4. The van der Waals surface area contributed by atoms with Crippen molar-refractivity contribution in [2.75, 3.05) is 6.61 Å². The number of alkyl halides is 3. The Hall–Kier alpha value is -0.580. The molecule has 1 aliphatic carbocycles. The molecule has 0 heterocycles. The van der Waals surface area contributed by atoms with Gasteiger partial charge in [0, 0.05) is 0 Å². The van der Waals surface area contributed by atoms with E-state index in [2.05, 4.69) is 0 Å². The Morgan fingerprint density at radius 3 is 2.24 bits per heavy atom. The van der Waals surface area contributed by atoms with Crippen LogP contribution in [0.5, 0.6) is 0 Å². The van der Waals surface area contributed by atoms with E-state index in [1.807, 2.05) is 13.8 Å². The average Bonchev–Trinajstić information content (AvgIpc) is 2.26. The summed E-state index contributed by atoms with van der Waals surface area (Å²) in [5, 5.41) is 0. The smallest absolute Gasteiger partial charge is 0.367 e. The topological polar surface area (TPSA) is 26.3 Å². The zero-order valence-corrected chi connectivity index (χ0v) is 10.2. The van der Waals surface area contributed by atoms with Crippen LogP contribution in [0.4, 0.5) is 13.2 Å². The van der Waals surface area contributed by atoms with E-state index in [0.29, 0.717) is 12.9 Å². The summed E-state index contributed by atoms with van der Waals surface area (Å²) in [6.45, 7) is 4.30. The van der Waals surface area contributed by atoms with E-state index < -0.39 is 17.7 Å². The highest BCUT2D eigenvalue weighted by Crippen LogP contribution is 2.41. The quantitative estimate of drug-likeness (QED) is 0.717. The first-order valence-corrected chi connectivity index (χ1v) is 5.96. The summed E-state index contributed by atoms with van der Waals surface area (Å²) in [7, 11) is 0. The fourth-order valence-corrected chi connectivity index (χ4v) is 2.06. The molecule has 0 unspecified atom stereocenters. The molecule has 1 fully saturated rings. The summed E-state index contributed by atoms with van der Waals surface area (Å²) in [6.07, 6.45) is -3.14. The second-order valence-electron chi connectivity index (χ2n) is 5.20.